The predicted molar refractivity (Wildman–Crippen MR) is 76.2 cm³/mol. The van der Waals surface area contributed by atoms with E-state index in [4.69, 9.17) is 0 Å². The minimum Gasteiger partial charge on any atom is -0.354 e. The highest BCUT2D eigenvalue weighted by Gasteiger charge is 2.14. The molecule has 1 aliphatic heterocycles. The average molecular weight is 241 g/mol. The molecule has 94 valence electrons. The molecule has 0 saturated carbocycles. The van der Waals surface area contributed by atoms with Crippen LogP contribution in [0.25, 0.3) is 10.8 Å². The second-order valence-corrected chi connectivity index (χ2v) is 4.78. The fraction of sp³-hybridized carbons (Fsp3) is 0.400. The van der Waals surface area contributed by atoms with Crippen LogP contribution in [0.1, 0.15) is 12.5 Å². The summed E-state index contributed by atoms with van der Waals surface area (Å²) in [6.45, 7) is 6.38. The molecule has 1 aliphatic rings. The largest absolute Gasteiger partial charge is 0.354 e. The maximum Gasteiger partial charge on any atom is 0.136 e. The maximum atomic E-state index is 4.60. The quantitative estimate of drug-likeness (QED) is 0.873. The first-order valence-corrected chi connectivity index (χ1v) is 6.72. The Kier molecular flexibility index (Phi) is 3.15. The molecule has 1 aromatic carbocycles. The van der Waals surface area contributed by atoms with Gasteiger partial charge in [-0.05, 0) is 29.5 Å². The number of piperazine rings is 1. The van der Waals surface area contributed by atoms with Crippen molar-refractivity contribution in [1.29, 1.82) is 0 Å². The van der Waals surface area contributed by atoms with Crippen LogP contribution in [0.2, 0.25) is 0 Å². The van der Waals surface area contributed by atoms with Gasteiger partial charge in [-0.1, -0.05) is 19.1 Å². The van der Waals surface area contributed by atoms with Crippen molar-refractivity contribution in [3.05, 3.63) is 36.0 Å². The first-order valence-electron chi connectivity index (χ1n) is 6.72. The number of rotatable bonds is 2. The predicted octanol–water partition coefficient (Wildman–Crippen LogP) is 2.21. The SMILES string of the molecule is CCc1ccc2ccnc(N3CCNCC3)c2c1. The van der Waals surface area contributed by atoms with E-state index in [2.05, 4.69) is 46.4 Å². The lowest BCUT2D eigenvalue weighted by Gasteiger charge is -2.29. The smallest absolute Gasteiger partial charge is 0.136 e. The molecule has 1 N–H and O–H groups in total. The van der Waals surface area contributed by atoms with Crippen molar-refractivity contribution in [2.75, 3.05) is 31.1 Å². The number of hydrogen-bond acceptors (Lipinski definition) is 3. The van der Waals surface area contributed by atoms with E-state index in [1.807, 2.05) is 6.20 Å². The van der Waals surface area contributed by atoms with Crippen LogP contribution in [0.4, 0.5) is 5.82 Å². The zero-order valence-corrected chi connectivity index (χ0v) is 10.8. The van der Waals surface area contributed by atoms with Gasteiger partial charge in [0.15, 0.2) is 0 Å². The van der Waals surface area contributed by atoms with Gasteiger partial charge >= 0.3 is 0 Å². The lowest BCUT2D eigenvalue weighted by molar-refractivity contribution is 0.586. The Morgan fingerprint density at radius 2 is 2.06 bits per heavy atom. The van der Waals surface area contributed by atoms with E-state index in [-0.39, 0.29) is 0 Å². The lowest BCUT2D eigenvalue weighted by Crippen LogP contribution is -2.43. The number of hydrogen-bond donors (Lipinski definition) is 1. The van der Waals surface area contributed by atoms with Crippen LogP contribution >= 0.6 is 0 Å². The van der Waals surface area contributed by atoms with Gasteiger partial charge in [-0.2, -0.15) is 0 Å². The molecule has 3 heteroatoms. The van der Waals surface area contributed by atoms with Gasteiger partial charge in [0.25, 0.3) is 0 Å². The molecule has 2 aromatic rings. The second kappa shape index (κ2) is 4.94. The fourth-order valence-electron chi connectivity index (χ4n) is 2.55. The summed E-state index contributed by atoms with van der Waals surface area (Å²) < 4.78 is 0. The van der Waals surface area contributed by atoms with Crippen molar-refractivity contribution < 1.29 is 0 Å². The Bertz CT molecular complexity index is 544. The molecular formula is C15H19N3. The molecule has 3 nitrogen and oxygen atoms in total. The van der Waals surface area contributed by atoms with Crippen molar-refractivity contribution >= 4 is 16.6 Å². The van der Waals surface area contributed by atoms with E-state index < -0.39 is 0 Å². The summed E-state index contributed by atoms with van der Waals surface area (Å²) in [5.74, 6) is 1.14. The molecular weight excluding hydrogens is 222 g/mol. The molecule has 0 aliphatic carbocycles. The molecule has 0 amide bonds. The number of pyridine rings is 1. The number of aromatic nitrogens is 1. The average Bonchev–Trinajstić information content (AvgIpc) is 2.47. The van der Waals surface area contributed by atoms with Crippen molar-refractivity contribution in [3.8, 4) is 0 Å². The van der Waals surface area contributed by atoms with Gasteiger partial charge in [-0.3, -0.25) is 0 Å². The number of aryl methyl sites for hydroxylation is 1. The van der Waals surface area contributed by atoms with Crippen molar-refractivity contribution in [2.45, 2.75) is 13.3 Å². The first kappa shape index (κ1) is 11.5. The number of nitrogens with zero attached hydrogens (tertiary/aromatic N) is 2. The van der Waals surface area contributed by atoms with Crippen LogP contribution < -0.4 is 10.2 Å². The standard InChI is InChI=1S/C15H19N3/c1-2-12-3-4-13-5-6-17-15(14(13)11-12)18-9-7-16-8-10-18/h3-6,11,16H,2,7-10H2,1H3. The monoisotopic (exact) mass is 241 g/mol. The molecule has 0 unspecified atom stereocenters. The van der Waals surface area contributed by atoms with Gasteiger partial charge in [0.1, 0.15) is 5.82 Å². The van der Waals surface area contributed by atoms with E-state index in [1.54, 1.807) is 0 Å². The number of fused-ring (bicyclic) bond motifs is 1. The number of anilines is 1. The lowest BCUT2D eigenvalue weighted by atomic mass is 10.1. The molecule has 2 heterocycles. The Morgan fingerprint density at radius 3 is 2.83 bits per heavy atom. The van der Waals surface area contributed by atoms with Crippen LogP contribution in [0.3, 0.4) is 0 Å². The molecule has 0 atom stereocenters. The van der Waals surface area contributed by atoms with Gasteiger partial charge in [0.05, 0.1) is 0 Å². The molecule has 1 aromatic heterocycles. The topological polar surface area (TPSA) is 28.2 Å². The van der Waals surface area contributed by atoms with Gasteiger partial charge in [-0.25, -0.2) is 4.98 Å². The number of benzene rings is 1. The van der Waals surface area contributed by atoms with Crippen LogP contribution in [0.15, 0.2) is 30.5 Å². The Morgan fingerprint density at radius 1 is 1.22 bits per heavy atom. The zero-order valence-electron chi connectivity index (χ0n) is 10.8. The van der Waals surface area contributed by atoms with E-state index >= 15 is 0 Å². The van der Waals surface area contributed by atoms with Gasteiger partial charge in [0.2, 0.25) is 0 Å². The molecule has 0 radical (unpaired) electrons. The summed E-state index contributed by atoms with van der Waals surface area (Å²) in [4.78, 5) is 6.99. The summed E-state index contributed by atoms with van der Waals surface area (Å²) in [6.07, 6.45) is 3.00. The third kappa shape index (κ3) is 2.06. The zero-order chi connectivity index (χ0) is 12.4. The van der Waals surface area contributed by atoms with Crippen LogP contribution in [-0.2, 0) is 6.42 Å². The van der Waals surface area contributed by atoms with Crippen molar-refractivity contribution in [1.82, 2.24) is 10.3 Å². The molecule has 1 fully saturated rings. The Hall–Kier alpha value is -1.61. The Labute approximate surface area is 108 Å². The van der Waals surface area contributed by atoms with Crippen molar-refractivity contribution in [3.63, 3.8) is 0 Å². The maximum absolute atomic E-state index is 4.60. The van der Waals surface area contributed by atoms with Crippen molar-refractivity contribution in [2.24, 2.45) is 0 Å². The highest BCUT2D eigenvalue weighted by molar-refractivity contribution is 5.92. The summed E-state index contributed by atoms with van der Waals surface area (Å²) in [5, 5.41) is 5.96. The molecule has 1 saturated heterocycles. The molecule has 0 bridgehead atoms. The van der Waals surface area contributed by atoms with Crippen LogP contribution in [0.5, 0.6) is 0 Å². The summed E-state index contributed by atoms with van der Waals surface area (Å²) in [5.41, 5.74) is 1.38. The van der Waals surface area contributed by atoms with Gasteiger partial charge in [0, 0.05) is 37.8 Å². The highest BCUT2D eigenvalue weighted by atomic mass is 15.2. The van der Waals surface area contributed by atoms with Crippen LogP contribution in [-0.4, -0.2) is 31.2 Å². The van der Waals surface area contributed by atoms with E-state index in [0.29, 0.717) is 0 Å². The minimum absolute atomic E-state index is 1.04. The van der Waals surface area contributed by atoms with E-state index in [9.17, 15) is 0 Å². The highest BCUT2D eigenvalue weighted by Crippen LogP contribution is 2.25. The molecule has 18 heavy (non-hydrogen) atoms. The third-order valence-electron chi connectivity index (χ3n) is 3.63. The fourth-order valence-corrected chi connectivity index (χ4v) is 2.55. The third-order valence-corrected chi connectivity index (χ3v) is 3.63. The summed E-state index contributed by atoms with van der Waals surface area (Å²) in [7, 11) is 0. The Balaban J connectivity index is 2.09. The molecule has 3 rings (SSSR count). The first-order chi connectivity index (χ1) is 8.88. The van der Waals surface area contributed by atoms with E-state index in [0.717, 1.165) is 38.4 Å². The summed E-state index contributed by atoms with van der Waals surface area (Å²) >= 11 is 0. The normalized spacial score (nSPS) is 16.2. The second-order valence-electron chi connectivity index (χ2n) is 4.78. The molecule has 0 spiro atoms. The van der Waals surface area contributed by atoms with Gasteiger partial charge < -0.3 is 10.2 Å². The summed E-state index contributed by atoms with van der Waals surface area (Å²) in [6, 6.07) is 8.81. The van der Waals surface area contributed by atoms with Gasteiger partial charge in [-0.15, -0.1) is 0 Å². The van der Waals surface area contributed by atoms with Crippen LogP contribution in [0, 0.1) is 0 Å². The van der Waals surface area contributed by atoms with E-state index in [1.165, 1.54) is 16.3 Å². The minimum atomic E-state index is 1.04. The number of nitrogens with one attached hydrogen (secondary N) is 1.